The lowest BCUT2D eigenvalue weighted by Crippen LogP contribution is -2.23. The number of anilines is 1. The molecule has 1 unspecified atom stereocenters. The Bertz CT molecular complexity index is 608. The molecule has 0 aromatic heterocycles. The van der Waals surface area contributed by atoms with Crippen LogP contribution in [-0.2, 0) is 0 Å². The second-order valence-electron chi connectivity index (χ2n) is 5.13. The maximum atomic E-state index is 6.15. The number of rotatable bonds is 5. The molecule has 2 aromatic rings. The van der Waals surface area contributed by atoms with Crippen LogP contribution in [0.3, 0.4) is 0 Å². The smallest absolute Gasteiger partial charge is 0.125 e. The fraction of sp³-hybridized carbons (Fsp3) is 0.294. The second kappa shape index (κ2) is 7.06. The summed E-state index contributed by atoms with van der Waals surface area (Å²) in [6, 6.07) is 11.7. The molecule has 0 heterocycles. The van der Waals surface area contributed by atoms with Gasteiger partial charge in [0, 0.05) is 0 Å². The molecule has 0 amide bonds. The average Bonchev–Trinajstić information content (AvgIpc) is 2.45. The van der Waals surface area contributed by atoms with Crippen LogP contribution < -0.4 is 10.1 Å². The van der Waals surface area contributed by atoms with Gasteiger partial charge in [-0.1, -0.05) is 47.5 Å². The van der Waals surface area contributed by atoms with Gasteiger partial charge in [0.1, 0.15) is 11.9 Å². The lowest BCUT2D eigenvalue weighted by Gasteiger charge is -2.19. The number of benzene rings is 2. The topological polar surface area (TPSA) is 21.3 Å². The Balaban J connectivity index is 1.99. The third-order valence-corrected chi connectivity index (χ3v) is 4.08. The minimum absolute atomic E-state index is 0.0137. The van der Waals surface area contributed by atoms with Crippen molar-refractivity contribution in [1.29, 1.82) is 0 Å². The molecule has 0 spiro atoms. The van der Waals surface area contributed by atoms with E-state index in [-0.39, 0.29) is 6.10 Å². The van der Waals surface area contributed by atoms with E-state index >= 15 is 0 Å². The summed E-state index contributed by atoms with van der Waals surface area (Å²) in [4.78, 5) is 0. The molecule has 0 fully saturated rings. The molecule has 0 aliphatic heterocycles. The van der Waals surface area contributed by atoms with Crippen molar-refractivity contribution in [3.63, 3.8) is 0 Å². The number of halogens is 2. The van der Waals surface area contributed by atoms with Crippen molar-refractivity contribution < 1.29 is 4.74 Å². The molecule has 2 rings (SSSR count). The first-order chi connectivity index (χ1) is 9.99. The van der Waals surface area contributed by atoms with E-state index in [1.165, 1.54) is 0 Å². The van der Waals surface area contributed by atoms with E-state index in [0.29, 0.717) is 16.6 Å². The van der Waals surface area contributed by atoms with Crippen molar-refractivity contribution in [3.8, 4) is 5.75 Å². The van der Waals surface area contributed by atoms with Crippen molar-refractivity contribution in [2.45, 2.75) is 26.9 Å². The van der Waals surface area contributed by atoms with Crippen LogP contribution in [0.2, 0.25) is 10.0 Å². The third kappa shape index (κ3) is 4.05. The molecule has 0 aliphatic rings. The van der Waals surface area contributed by atoms with Crippen LogP contribution in [0, 0.1) is 13.8 Å². The van der Waals surface area contributed by atoms with Crippen molar-refractivity contribution in [2.24, 2.45) is 0 Å². The van der Waals surface area contributed by atoms with Gasteiger partial charge >= 0.3 is 0 Å². The van der Waals surface area contributed by atoms with Crippen molar-refractivity contribution in [1.82, 2.24) is 0 Å². The predicted octanol–water partition coefficient (Wildman–Crippen LogP) is 5.49. The summed E-state index contributed by atoms with van der Waals surface area (Å²) in [5.41, 5.74) is 3.10. The fourth-order valence-electron chi connectivity index (χ4n) is 2.12. The van der Waals surface area contributed by atoms with Crippen molar-refractivity contribution >= 4 is 28.9 Å². The Morgan fingerprint density at radius 3 is 2.33 bits per heavy atom. The van der Waals surface area contributed by atoms with Crippen LogP contribution in [0.5, 0.6) is 5.75 Å². The molecule has 0 aliphatic carbocycles. The van der Waals surface area contributed by atoms with E-state index in [0.717, 1.165) is 22.6 Å². The van der Waals surface area contributed by atoms with Gasteiger partial charge in [0.15, 0.2) is 0 Å². The molecule has 0 bridgehead atoms. The molecule has 112 valence electrons. The quantitative estimate of drug-likeness (QED) is 0.785. The zero-order valence-corrected chi connectivity index (χ0v) is 13.9. The molecule has 1 N–H and O–H groups in total. The second-order valence-corrected chi connectivity index (χ2v) is 5.92. The van der Waals surface area contributed by atoms with Crippen LogP contribution in [-0.4, -0.2) is 12.6 Å². The van der Waals surface area contributed by atoms with Crippen molar-refractivity contribution in [2.75, 3.05) is 11.9 Å². The number of nitrogens with one attached hydrogen (secondary N) is 1. The Labute approximate surface area is 136 Å². The van der Waals surface area contributed by atoms with Crippen LogP contribution >= 0.6 is 23.2 Å². The SMILES string of the molecule is Cc1cccc(C)c1OC(C)CNc1cccc(Cl)c1Cl. The summed E-state index contributed by atoms with van der Waals surface area (Å²) in [5, 5.41) is 4.36. The van der Waals surface area contributed by atoms with Crippen molar-refractivity contribution in [3.05, 3.63) is 57.6 Å². The van der Waals surface area contributed by atoms with Gasteiger partial charge in [0.25, 0.3) is 0 Å². The first kappa shape index (κ1) is 16.0. The minimum atomic E-state index is 0.0137. The highest BCUT2D eigenvalue weighted by atomic mass is 35.5. The van der Waals surface area contributed by atoms with E-state index in [1.54, 1.807) is 6.07 Å². The maximum Gasteiger partial charge on any atom is 0.125 e. The maximum absolute atomic E-state index is 6.15. The highest BCUT2D eigenvalue weighted by Crippen LogP contribution is 2.29. The molecule has 2 nitrogen and oxygen atoms in total. The number of hydrogen-bond acceptors (Lipinski definition) is 2. The molecule has 2 aromatic carbocycles. The molecule has 1 atom stereocenters. The monoisotopic (exact) mass is 323 g/mol. The zero-order chi connectivity index (χ0) is 15.4. The van der Waals surface area contributed by atoms with Gasteiger partial charge in [-0.05, 0) is 44.0 Å². The molecular formula is C17H19Cl2NO. The summed E-state index contributed by atoms with van der Waals surface area (Å²) < 4.78 is 6.03. The molecule has 21 heavy (non-hydrogen) atoms. The van der Waals surface area contributed by atoms with Crippen LogP contribution in [0.4, 0.5) is 5.69 Å². The number of ether oxygens (including phenoxy) is 1. The summed E-state index contributed by atoms with van der Waals surface area (Å²) in [7, 11) is 0. The molecule has 0 saturated heterocycles. The Kier molecular flexibility index (Phi) is 5.38. The van der Waals surface area contributed by atoms with Gasteiger partial charge in [-0.3, -0.25) is 0 Å². The third-order valence-electron chi connectivity index (χ3n) is 3.26. The first-order valence-corrected chi connectivity index (χ1v) is 7.65. The Hall–Kier alpha value is -1.38. The number of hydrogen-bond donors (Lipinski definition) is 1. The van der Waals surface area contributed by atoms with E-state index in [9.17, 15) is 0 Å². The molecular weight excluding hydrogens is 305 g/mol. The van der Waals surface area contributed by atoms with Gasteiger partial charge in [0.2, 0.25) is 0 Å². The van der Waals surface area contributed by atoms with Gasteiger partial charge in [-0.15, -0.1) is 0 Å². The number of para-hydroxylation sites is 1. The van der Waals surface area contributed by atoms with Gasteiger partial charge in [-0.2, -0.15) is 0 Å². The fourth-order valence-corrected chi connectivity index (χ4v) is 2.49. The summed E-state index contributed by atoms with van der Waals surface area (Å²) in [6.45, 7) is 6.78. The van der Waals surface area contributed by atoms with Crippen LogP contribution in [0.15, 0.2) is 36.4 Å². The van der Waals surface area contributed by atoms with Gasteiger partial charge in [-0.25, -0.2) is 0 Å². The normalized spacial score (nSPS) is 12.0. The van der Waals surface area contributed by atoms with Gasteiger partial charge < -0.3 is 10.1 Å². The van der Waals surface area contributed by atoms with E-state index in [2.05, 4.69) is 31.3 Å². The summed E-state index contributed by atoms with van der Waals surface area (Å²) >= 11 is 12.1. The summed E-state index contributed by atoms with van der Waals surface area (Å²) in [5.74, 6) is 0.948. The highest BCUT2D eigenvalue weighted by Gasteiger charge is 2.10. The first-order valence-electron chi connectivity index (χ1n) is 6.89. The minimum Gasteiger partial charge on any atom is -0.488 e. The van der Waals surface area contributed by atoms with Gasteiger partial charge in [0.05, 0.1) is 22.3 Å². The lowest BCUT2D eigenvalue weighted by atomic mass is 10.1. The lowest BCUT2D eigenvalue weighted by molar-refractivity contribution is 0.231. The van der Waals surface area contributed by atoms with E-state index < -0.39 is 0 Å². The summed E-state index contributed by atoms with van der Waals surface area (Å²) in [6.07, 6.45) is 0.0137. The Morgan fingerprint density at radius 1 is 1.05 bits per heavy atom. The molecule has 0 radical (unpaired) electrons. The average molecular weight is 324 g/mol. The molecule has 4 heteroatoms. The molecule has 0 saturated carbocycles. The zero-order valence-electron chi connectivity index (χ0n) is 12.4. The van der Waals surface area contributed by atoms with E-state index in [1.807, 2.05) is 25.1 Å². The van der Waals surface area contributed by atoms with Crippen LogP contribution in [0.25, 0.3) is 0 Å². The predicted molar refractivity (Wildman–Crippen MR) is 91.0 cm³/mol. The standard InChI is InChI=1S/C17H19Cl2NO/c1-11-6-4-7-12(2)17(11)21-13(3)10-20-15-9-5-8-14(18)16(15)19/h4-9,13,20H,10H2,1-3H3. The number of aryl methyl sites for hydroxylation is 2. The Morgan fingerprint density at radius 2 is 1.67 bits per heavy atom. The van der Waals surface area contributed by atoms with E-state index in [4.69, 9.17) is 27.9 Å². The van der Waals surface area contributed by atoms with Crippen LogP contribution in [0.1, 0.15) is 18.1 Å². The highest BCUT2D eigenvalue weighted by molar-refractivity contribution is 6.43. The largest absolute Gasteiger partial charge is 0.488 e.